The standard InChI is InChI=1S/C12H11BrN2O2S/c1-2-5-15-10-6-8(13)3-4-9(10)14-12(15)18-7-11(16)17/h2-4,6H,1,5,7H2,(H,16,17). The van der Waals surface area contributed by atoms with E-state index >= 15 is 0 Å². The van der Waals surface area contributed by atoms with E-state index < -0.39 is 5.97 Å². The predicted molar refractivity (Wildman–Crippen MR) is 76.0 cm³/mol. The lowest BCUT2D eigenvalue weighted by molar-refractivity contribution is -0.133. The van der Waals surface area contributed by atoms with Gasteiger partial charge in [0, 0.05) is 11.0 Å². The number of hydrogen-bond donors (Lipinski definition) is 1. The van der Waals surface area contributed by atoms with Crippen LogP contribution in [0.5, 0.6) is 0 Å². The van der Waals surface area contributed by atoms with E-state index in [4.69, 9.17) is 5.11 Å². The highest BCUT2D eigenvalue weighted by molar-refractivity contribution is 9.10. The second kappa shape index (κ2) is 5.58. The summed E-state index contributed by atoms with van der Waals surface area (Å²) in [6.07, 6.45) is 1.77. The van der Waals surface area contributed by atoms with Crippen molar-refractivity contribution in [1.29, 1.82) is 0 Å². The second-order valence-corrected chi connectivity index (χ2v) is 5.47. The molecule has 0 amide bonds. The van der Waals surface area contributed by atoms with Gasteiger partial charge in [-0.15, -0.1) is 6.58 Å². The number of rotatable bonds is 5. The fraction of sp³-hybridized carbons (Fsp3) is 0.167. The van der Waals surface area contributed by atoms with Crippen LogP contribution in [0.2, 0.25) is 0 Å². The molecule has 1 aromatic carbocycles. The summed E-state index contributed by atoms with van der Waals surface area (Å²) >= 11 is 4.64. The Balaban J connectivity index is 2.47. The highest BCUT2D eigenvalue weighted by Crippen LogP contribution is 2.26. The third-order valence-electron chi connectivity index (χ3n) is 2.31. The molecule has 0 atom stereocenters. The summed E-state index contributed by atoms with van der Waals surface area (Å²) in [4.78, 5) is 15.1. The molecule has 0 spiro atoms. The summed E-state index contributed by atoms with van der Waals surface area (Å²) in [5, 5.41) is 9.43. The summed E-state index contributed by atoms with van der Waals surface area (Å²) in [6, 6.07) is 5.79. The Morgan fingerprint density at radius 1 is 1.61 bits per heavy atom. The number of thioether (sulfide) groups is 1. The molecule has 1 N–H and O–H groups in total. The highest BCUT2D eigenvalue weighted by atomic mass is 79.9. The van der Waals surface area contributed by atoms with Gasteiger partial charge in [0.05, 0.1) is 16.8 Å². The maximum absolute atomic E-state index is 10.6. The molecule has 0 fully saturated rings. The van der Waals surface area contributed by atoms with Crippen LogP contribution in [0.4, 0.5) is 0 Å². The van der Waals surface area contributed by atoms with Gasteiger partial charge in [-0.2, -0.15) is 0 Å². The first-order chi connectivity index (χ1) is 8.61. The number of imidazole rings is 1. The van der Waals surface area contributed by atoms with Crippen LogP contribution in [-0.4, -0.2) is 26.4 Å². The van der Waals surface area contributed by atoms with Gasteiger partial charge < -0.3 is 9.67 Å². The lowest BCUT2D eigenvalue weighted by Crippen LogP contribution is -2.02. The fourth-order valence-electron chi connectivity index (χ4n) is 1.62. The van der Waals surface area contributed by atoms with Crippen LogP contribution < -0.4 is 0 Å². The van der Waals surface area contributed by atoms with Crippen molar-refractivity contribution in [2.45, 2.75) is 11.7 Å². The average Bonchev–Trinajstić information content (AvgIpc) is 2.65. The number of benzene rings is 1. The van der Waals surface area contributed by atoms with E-state index in [1.54, 1.807) is 6.08 Å². The summed E-state index contributed by atoms with van der Waals surface area (Å²) in [6.45, 7) is 4.32. The zero-order chi connectivity index (χ0) is 13.1. The molecule has 6 heteroatoms. The minimum absolute atomic E-state index is 0.00162. The minimum atomic E-state index is -0.849. The van der Waals surface area contributed by atoms with Crippen molar-refractivity contribution in [3.8, 4) is 0 Å². The molecule has 0 aliphatic rings. The molecular weight excluding hydrogens is 316 g/mol. The first kappa shape index (κ1) is 13.2. The van der Waals surface area contributed by atoms with Crippen molar-refractivity contribution < 1.29 is 9.90 Å². The number of allylic oxidation sites excluding steroid dienone is 1. The van der Waals surface area contributed by atoms with Crippen LogP contribution in [0.1, 0.15) is 0 Å². The quantitative estimate of drug-likeness (QED) is 0.677. The molecule has 0 aliphatic heterocycles. The summed E-state index contributed by atoms with van der Waals surface area (Å²) in [5.41, 5.74) is 1.82. The van der Waals surface area contributed by atoms with E-state index in [0.29, 0.717) is 11.7 Å². The molecule has 94 valence electrons. The van der Waals surface area contributed by atoms with Crippen molar-refractivity contribution in [2.24, 2.45) is 0 Å². The van der Waals surface area contributed by atoms with E-state index in [1.807, 2.05) is 22.8 Å². The van der Waals surface area contributed by atoms with Crippen LogP contribution in [0.3, 0.4) is 0 Å². The van der Waals surface area contributed by atoms with Crippen molar-refractivity contribution in [1.82, 2.24) is 9.55 Å². The van der Waals surface area contributed by atoms with Gasteiger partial charge in [-0.3, -0.25) is 4.79 Å². The second-order valence-electron chi connectivity index (χ2n) is 3.61. The molecule has 0 aliphatic carbocycles. The number of aromatic nitrogens is 2. The Morgan fingerprint density at radius 3 is 3.06 bits per heavy atom. The molecule has 2 rings (SSSR count). The van der Waals surface area contributed by atoms with Gasteiger partial charge in [0.2, 0.25) is 0 Å². The molecule has 4 nitrogen and oxygen atoms in total. The zero-order valence-electron chi connectivity index (χ0n) is 9.47. The van der Waals surface area contributed by atoms with E-state index in [-0.39, 0.29) is 5.75 Å². The monoisotopic (exact) mass is 326 g/mol. The van der Waals surface area contributed by atoms with Crippen LogP contribution in [0, 0.1) is 0 Å². The van der Waals surface area contributed by atoms with E-state index in [1.165, 1.54) is 11.8 Å². The summed E-state index contributed by atoms with van der Waals surface area (Å²) < 4.78 is 2.93. The van der Waals surface area contributed by atoms with Crippen LogP contribution >= 0.6 is 27.7 Å². The Kier molecular flexibility index (Phi) is 4.08. The third-order valence-corrected chi connectivity index (χ3v) is 3.77. The molecule has 0 unspecified atom stereocenters. The van der Waals surface area contributed by atoms with E-state index in [0.717, 1.165) is 15.5 Å². The van der Waals surface area contributed by atoms with Gasteiger partial charge in [-0.1, -0.05) is 33.8 Å². The van der Waals surface area contributed by atoms with Crippen molar-refractivity contribution in [3.05, 3.63) is 35.3 Å². The van der Waals surface area contributed by atoms with Gasteiger partial charge >= 0.3 is 5.97 Å². The summed E-state index contributed by atoms with van der Waals surface area (Å²) in [5.74, 6) is -0.847. The fourth-order valence-corrected chi connectivity index (χ4v) is 2.71. The lowest BCUT2D eigenvalue weighted by Gasteiger charge is -2.04. The van der Waals surface area contributed by atoms with Crippen molar-refractivity contribution >= 4 is 44.7 Å². The van der Waals surface area contributed by atoms with Gasteiger partial charge in [0.25, 0.3) is 0 Å². The Hall–Kier alpha value is -1.27. The van der Waals surface area contributed by atoms with Crippen LogP contribution in [0.15, 0.2) is 40.5 Å². The molecule has 0 saturated carbocycles. The summed E-state index contributed by atoms with van der Waals surface area (Å²) in [7, 11) is 0. The zero-order valence-corrected chi connectivity index (χ0v) is 11.9. The predicted octanol–water partition coefficient (Wildman–Crippen LogP) is 3.16. The SMILES string of the molecule is C=CCn1c(SCC(=O)O)nc2ccc(Br)cc21. The van der Waals surface area contributed by atoms with Crippen LogP contribution in [0.25, 0.3) is 11.0 Å². The third kappa shape index (κ3) is 2.76. The number of nitrogens with zero attached hydrogens (tertiary/aromatic N) is 2. The Morgan fingerprint density at radius 2 is 2.39 bits per heavy atom. The van der Waals surface area contributed by atoms with Crippen molar-refractivity contribution in [3.63, 3.8) is 0 Å². The average molecular weight is 327 g/mol. The molecule has 0 radical (unpaired) electrons. The maximum Gasteiger partial charge on any atom is 0.313 e. The van der Waals surface area contributed by atoms with Gasteiger partial charge in [0.1, 0.15) is 0 Å². The Labute approximate surface area is 117 Å². The number of fused-ring (bicyclic) bond motifs is 1. The molecule has 18 heavy (non-hydrogen) atoms. The molecule has 0 bridgehead atoms. The van der Waals surface area contributed by atoms with E-state index in [2.05, 4.69) is 27.5 Å². The first-order valence-corrected chi connectivity index (χ1v) is 7.01. The normalized spacial score (nSPS) is 10.7. The number of carboxylic acid groups (broad SMARTS) is 1. The highest BCUT2D eigenvalue weighted by Gasteiger charge is 2.12. The number of carboxylic acids is 1. The Bertz CT molecular complexity index is 609. The maximum atomic E-state index is 10.6. The number of aliphatic carboxylic acids is 1. The number of carbonyl (C=O) groups is 1. The first-order valence-electron chi connectivity index (χ1n) is 5.23. The van der Waals surface area contributed by atoms with Crippen LogP contribution in [-0.2, 0) is 11.3 Å². The number of halogens is 1. The molecule has 2 aromatic rings. The topological polar surface area (TPSA) is 55.1 Å². The van der Waals surface area contributed by atoms with Gasteiger partial charge in [-0.05, 0) is 18.2 Å². The smallest absolute Gasteiger partial charge is 0.313 e. The van der Waals surface area contributed by atoms with Crippen molar-refractivity contribution in [2.75, 3.05) is 5.75 Å². The largest absolute Gasteiger partial charge is 0.481 e. The minimum Gasteiger partial charge on any atom is -0.481 e. The molecule has 1 aromatic heterocycles. The van der Waals surface area contributed by atoms with Gasteiger partial charge in [-0.25, -0.2) is 4.98 Å². The van der Waals surface area contributed by atoms with Gasteiger partial charge in [0.15, 0.2) is 5.16 Å². The molecular formula is C12H11BrN2O2S. The van der Waals surface area contributed by atoms with E-state index in [9.17, 15) is 4.79 Å². The molecule has 0 saturated heterocycles. The number of hydrogen-bond acceptors (Lipinski definition) is 3. The lowest BCUT2D eigenvalue weighted by atomic mass is 10.3. The molecule has 1 heterocycles.